The largest absolute Gasteiger partial charge is 0.460 e. The van der Waals surface area contributed by atoms with Crippen molar-refractivity contribution in [1.29, 1.82) is 0 Å². The van der Waals surface area contributed by atoms with Gasteiger partial charge in [0.1, 0.15) is 17.4 Å². The van der Waals surface area contributed by atoms with Crippen molar-refractivity contribution in [3.05, 3.63) is 34.5 Å². The molecule has 2 aromatic heterocycles. The van der Waals surface area contributed by atoms with Crippen LogP contribution in [0.4, 0.5) is 0 Å². The zero-order valence-corrected chi connectivity index (χ0v) is 14.2. The zero-order chi connectivity index (χ0) is 16.6. The Bertz CT molecular complexity index is 730. The summed E-state index contributed by atoms with van der Waals surface area (Å²) in [4.78, 5) is 26.7. The molecular formula is C16H18N4O3S. The number of carbonyl (C=O) groups excluding carboxylic acids is 1. The fourth-order valence-corrected chi connectivity index (χ4v) is 3.80. The number of aromatic nitrogens is 3. The van der Waals surface area contributed by atoms with E-state index in [0.717, 1.165) is 17.8 Å². The van der Waals surface area contributed by atoms with Crippen LogP contribution in [0.5, 0.6) is 6.01 Å². The van der Waals surface area contributed by atoms with E-state index in [0.29, 0.717) is 31.4 Å². The third kappa shape index (κ3) is 2.99. The molecule has 0 saturated carbocycles. The molecule has 4 rings (SSSR count). The molecule has 2 fully saturated rings. The van der Waals surface area contributed by atoms with Crippen molar-refractivity contribution >= 4 is 17.2 Å². The van der Waals surface area contributed by atoms with Gasteiger partial charge in [-0.05, 0) is 13.0 Å². The number of thiazole rings is 1. The lowest BCUT2D eigenvalue weighted by atomic mass is 9.84. The minimum Gasteiger partial charge on any atom is -0.460 e. The van der Waals surface area contributed by atoms with E-state index in [1.165, 1.54) is 11.3 Å². The maximum absolute atomic E-state index is 12.4. The summed E-state index contributed by atoms with van der Waals surface area (Å²) >= 11 is 1.49. The molecule has 126 valence electrons. The summed E-state index contributed by atoms with van der Waals surface area (Å²) in [5, 5.41) is 2.71. The predicted molar refractivity (Wildman–Crippen MR) is 87.1 cm³/mol. The van der Waals surface area contributed by atoms with Gasteiger partial charge in [0, 0.05) is 30.6 Å². The van der Waals surface area contributed by atoms with Gasteiger partial charge in [-0.3, -0.25) is 4.79 Å². The molecule has 7 nitrogen and oxygen atoms in total. The number of carbonyl (C=O) groups is 1. The van der Waals surface area contributed by atoms with Crippen LogP contribution in [0.15, 0.2) is 23.8 Å². The molecule has 0 bridgehead atoms. The maximum Gasteiger partial charge on any atom is 0.316 e. The van der Waals surface area contributed by atoms with Gasteiger partial charge in [0.25, 0.3) is 5.91 Å². The average Bonchev–Trinajstić information content (AvgIpc) is 3.00. The van der Waals surface area contributed by atoms with Crippen LogP contribution in [0.1, 0.15) is 28.3 Å². The Morgan fingerprint density at radius 3 is 2.92 bits per heavy atom. The summed E-state index contributed by atoms with van der Waals surface area (Å²) in [6.07, 6.45) is 4.89. The van der Waals surface area contributed by atoms with Crippen molar-refractivity contribution in [2.45, 2.75) is 31.5 Å². The molecule has 4 heterocycles. The van der Waals surface area contributed by atoms with Gasteiger partial charge in [-0.25, -0.2) is 15.0 Å². The third-order valence-electron chi connectivity index (χ3n) is 4.35. The lowest BCUT2D eigenvalue weighted by molar-refractivity contribution is -0.174. The summed E-state index contributed by atoms with van der Waals surface area (Å²) < 4.78 is 11.8. The highest BCUT2D eigenvalue weighted by molar-refractivity contribution is 7.09. The molecular weight excluding hydrogens is 328 g/mol. The molecule has 1 spiro atoms. The smallest absolute Gasteiger partial charge is 0.316 e. The van der Waals surface area contributed by atoms with Crippen molar-refractivity contribution in [2.75, 3.05) is 19.7 Å². The average molecular weight is 346 g/mol. The van der Waals surface area contributed by atoms with Gasteiger partial charge in [0.2, 0.25) is 0 Å². The van der Waals surface area contributed by atoms with Gasteiger partial charge < -0.3 is 14.4 Å². The Morgan fingerprint density at radius 2 is 2.21 bits per heavy atom. The van der Waals surface area contributed by atoms with Crippen LogP contribution in [-0.2, 0) is 4.74 Å². The highest BCUT2D eigenvalue weighted by Crippen LogP contribution is 2.36. The van der Waals surface area contributed by atoms with Crippen LogP contribution in [0.25, 0.3) is 0 Å². The molecule has 0 aromatic carbocycles. The number of hydrogen-bond acceptors (Lipinski definition) is 7. The van der Waals surface area contributed by atoms with E-state index >= 15 is 0 Å². The van der Waals surface area contributed by atoms with E-state index in [1.807, 2.05) is 12.3 Å². The second-order valence-electron chi connectivity index (χ2n) is 6.21. The molecule has 2 saturated heterocycles. The minimum atomic E-state index is -0.307. The number of ether oxygens (including phenoxy) is 2. The van der Waals surface area contributed by atoms with Crippen molar-refractivity contribution < 1.29 is 14.3 Å². The first-order chi connectivity index (χ1) is 11.6. The molecule has 0 N–H and O–H groups in total. The molecule has 1 unspecified atom stereocenters. The lowest BCUT2D eigenvalue weighted by Gasteiger charge is -2.52. The van der Waals surface area contributed by atoms with E-state index in [1.54, 1.807) is 23.4 Å². The van der Waals surface area contributed by atoms with Gasteiger partial charge in [0.15, 0.2) is 0 Å². The molecule has 2 aromatic rings. The SMILES string of the molecule is Cc1nc(C(=O)N2CC3(CC(Oc4ncccn4)CCO3)C2)cs1. The first-order valence-corrected chi connectivity index (χ1v) is 8.81. The van der Waals surface area contributed by atoms with E-state index in [-0.39, 0.29) is 17.6 Å². The van der Waals surface area contributed by atoms with Crippen molar-refractivity contribution in [1.82, 2.24) is 19.9 Å². The van der Waals surface area contributed by atoms with E-state index in [4.69, 9.17) is 9.47 Å². The third-order valence-corrected chi connectivity index (χ3v) is 5.12. The van der Waals surface area contributed by atoms with Crippen LogP contribution < -0.4 is 4.74 Å². The van der Waals surface area contributed by atoms with Gasteiger partial charge >= 0.3 is 6.01 Å². The molecule has 0 aliphatic carbocycles. The van der Waals surface area contributed by atoms with Crippen LogP contribution >= 0.6 is 11.3 Å². The van der Waals surface area contributed by atoms with Gasteiger partial charge in [-0.15, -0.1) is 11.3 Å². The molecule has 1 atom stereocenters. The fourth-order valence-electron chi connectivity index (χ4n) is 3.22. The van der Waals surface area contributed by atoms with Crippen molar-refractivity contribution in [3.63, 3.8) is 0 Å². The Hall–Kier alpha value is -2.06. The molecule has 0 radical (unpaired) electrons. The number of hydrogen-bond donors (Lipinski definition) is 0. The Morgan fingerprint density at radius 1 is 1.42 bits per heavy atom. The van der Waals surface area contributed by atoms with Crippen LogP contribution in [0.2, 0.25) is 0 Å². The minimum absolute atomic E-state index is 0.0138. The highest BCUT2D eigenvalue weighted by Gasteiger charge is 2.50. The normalized spacial score (nSPS) is 22.2. The van der Waals surface area contributed by atoms with Crippen LogP contribution in [0, 0.1) is 6.92 Å². The fraction of sp³-hybridized carbons (Fsp3) is 0.500. The number of amides is 1. The molecule has 8 heteroatoms. The Labute approximate surface area is 143 Å². The van der Waals surface area contributed by atoms with Crippen LogP contribution in [-0.4, -0.2) is 57.2 Å². The summed E-state index contributed by atoms with van der Waals surface area (Å²) in [6, 6.07) is 2.15. The first-order valence-electron chi connectivity index (χ1n) is 7.93. The standard InChI is InChI=1S/C16H18N4O3S/c1-11-19-13(8-24-11)14(21)20-9-16(10-20)7-12(3-6-22-16)23-15-17-4-2-5-18-15/h2,4-5,8,12H,3,6-7,9-10H2,1H3. The topological polar surface area (TPSA) is 77.4 Å². The summed E-state index contributed by atoms with van der Waals surface area (Å²) in [6.45, 7) is 3.68. The van der Waals surface area contributed by atoms with Gasteiger partial charge in [-0.1, -0.05) is 0 Å². The number of aryl methyl sites for hydroxylation is 1. The zero-order valence-electron chi connectivity index (χ0n) is 13.3. The molecule has 2 aliphatic rings. The second-order valence-corrected chi connectivity index (χ2v) is 7.27. The predicted octanol–water partition coefficient (Wildman–Crippen LogP) is 1.69. The molecule has 1 amide bonds. The first kappa shape index (κ1) is 15.5. The lowest BCUT2D eigenvalue weighted by Crippen LogP contribution is -2.67. The van der Waals surface area contributed by atoms with Crippen LogP contribution in [0.3, 0.4) is 0 Å². The van der Waals surface area contributed by atoms with E-state index in [9.17, 15) is 4.79 Å². The van der Waals surface area contributed by atoms with Gasteiger partial charge in [-0.2, -0.15) is 0 Å². The summed E-state index contributed by atoms with van der Waals surface area (Å²) in [7, 11) is 0. The van der Waals surface area contributed by atoms with Gasteiger partial charge in [0.05, 0.1) is 24.7 Å². The molecule has 2 aliphatic heterocycles. The monoisotopic (exact) mass is 346 g/mol. The van der Waals surface area contributed by atoms with E-state index < -0.39 is 0 Å². The molecule has 24 heavy (non-hydrogen) atoms. The van der Waals surface area contributed by atoms with Crippen molar-refractivity contribution in [2.24, 2.45) is 0 Å². The number of nitrogens with zero attached hydrogens (tertiary/aromatic N) is 4. The Kier molecular flexibility index (Phi) is 3.93. The van der Waals surface area contributed by atoms with E-state index in [2.05, 4.69) is 15.0 Å². The maximum atomic E-state index is 12.4. The Balaban J connectivity index is 1.36. The summed E-state index contributed by atoms with van der Waals surface area (Å²) in [5.74, 6) is -0.0250. The number of likely N-dealkylation sites (tertiary alicyclic amines) is 1. The van der Waals surface area contributed by atoms with Crippen molar-refractivity contribution in [3.8, 4) is 6.01 Å². The highest BCUT2D eigenvalue weighted by atomic mass is 32.1. The quantitative estimate of drug-likeness (QED) is 0.842. The summed E-state index contributed by atoms with van der Waals surface area (Å²) in [5.41, 5.74) is 0.215. The number of rotatable bonds is 3. The second kappa shape index (κ2) is 6.10.